The highest BCUT2D eigenvalue weighted by atomic mass is 32.2. The first-order valence-corrected chi connectivity index (χ1v) is 9.11. The van der Waals surface area contributed by atoms with Gasteiger partial charge in [0.1, 0.15) is 0 Å². The third-order valence-electron chi connectivity index (χ3n) is 3.66. The summed E-state index contributed by atoms with van der Waals surface area (Å²) in [5, 5.41) is 4.01. The Balaban J connectivity index is 1.90. The summed E-state index contributed by atoms with van der Waals surface area (Å²) in [5.41, 5.74) is 0.0237. The molecule has 7 nitrogen and oxygen atoms in total. The average molecular weight is 397 g/mol. The molecule has 0 spiro atoms. The Morgan fingerprint density at radius 3 is 2.52 bits per heavy atom. The maximum atomic E-state index is 13.1. The molecule has 0 aliphatic carbocycles. The summed E-state index contributed by atoms with van der Waals surface area (Å²) in [5.74, 6) is 0. The molecule has 0 amide bonds. The lowest BCUT2D eigenvalue weighted by atomic mass is 10.2. The van der Waals surface area contributed by atoms with E-state index >= 15 is 0 Å². The number of halogens is 3. The molecule has 11 heteroatoms. The SMILES string of the molecule is Cn1cc(-c2nccnc2CNS(=O)(=O)c2ccccc2C(F)(F)F)cn1. The molecule has 2 aromatic heterocycles. The van der Waals surface area contributed by atoms with E-state index in [1.807, 2.05) is 0 Å². The summed E-state index contributed by atoms with van der Waals surface area (Å²) in [6.07, 6.45) is 1.20. The summed E-state index contributed by atoms with van der Waals surface area (Å²) >= 11 is 0. The van der Waals surface area contributed by atoms with Gasteiger partial charge in [0.05, 0.1) is 34.6 Å². The number of aryl methyl sites for hydroxylation is 1. The van der Waals surface area contributed by atoms with Crippen LogP contribution in [0.4, 0.5) is 13.2 Å². The highest BCUT2D eigenvalue weighted by molar-refractivity contribution is 7.89. The maximum absolute atomic E-state index is 13.1. The molecule has 27 heavy (non-hydrogen) atoms. The summed E-state index contributed by atoms with van der Waals surface area (Å²) in [6.45, 7) is -0.327. The molecule has 0 unspecified atom stereocenters. The monoisotopic (exact) mass is 397 g/mol. The Kier molecular flexibility index (Phi) is 4.98. The van der Waals surface area contributed by atoms with Crippen LogP contribution in [0.1, 0.15) is 11.3 Å². The highest BCUT2D eigenvalue weighted by Crippen LogP contribution is 2.34. The minimum Gasteiger partial charge on any atom is -0.275 e. The smallest absolute Gasteiger partial charge is 0.275 e. The molecule has 142 valence electrons. The molecule has 3 rings (SSSR count). The van der Waals surface area contributed by atoms with Gasteiger partial charge in [-0.25, -0.2) is 13.1 Å². The molecular formula is C16H14F3N5O2S. The summed E-state index contributed by atoms with van der Waals surface area (Å²) < 4.78 is 67.9. The molecule has 2 heterocycles. The Bertz CT molecular complexity index is 1060. The zero-order chi connectivity index (χ0) is 19.7. The Morgan fingerprint density at radius 1 is 1.15 bits per heavy atom. The number of aromatic nitrogens is 4. The normalized spacial score (nSPS) is 12.3. The molecule has 1 N–H and O–H groups in total. The van der Waals surface area contributed by atoms with E-state index in [0.29, 0.717) is 11.3 Å². The molecule has 0 bridgehead atoms. The lowest BCUT2D eigenvalue weighted by Gasteiger charge is -2.14. The van der Waals surface area contributed by atoms with Crippen molar-refractivity contribution in [1.29, 1.82) is 0 Å². The van der Waals surface area contributed by atoms with Gasteiger partial charge in [-0.15, -0.1) is 0 Å². The zero-order valence-corrected chi connectivity index (χ0v) is 14.8. The van der Waals surface area contributed by atoms with Gasteiger partial charge in [-0.2, -0.15) is 18.3 Å². The number of alkyl halides is 3. The maximum Gasteiger partial charge on any atom is 0.417 e. The Labute approximate surface area is 152 Å². The molecule has 1 aromatic carbocycles. The van der Waals surface area contributed by atoms with Gasteiger partial charge >= 0.3 is 6.18 Å². The van der Waals surface area contributed by atoms with Crippen LogP contribution < -0.4 is 4.72 Å². The molecule has 0 atom stereocenters. The van der Waals surface area contributed by atoms with E-state index in [4.69, 9.17) is 0 Å². The quantitative estimate of drug-likeness (QED) is 0.714. The number of sulfonamides is 1. The predicted molar refractivity (Wildman–Crippen MR) is 89.7 cm³/mol. The highest BCUT2D eigenvalue weighted by Gasteiger charge is 2.36. The Hall–Kier alpha value is -2.79. The van der Waals surface area contributed by atoms with Gasteiger partial charge < -0.3 is 0 Å². The summed E-state index contributed by atoms with van der Waals surface area (Å²) in [6, 6.07) is 3.99. The minimum absolute atomic E-state index is 0.263. The van der Waals surface area contributed by atoms with Crippen LogP contribution in [-0.2, 0) is 29.8 Å². The minimum atomic E-state index is -4.79. The molecule has 0 saturated heterocycles. The second kappa shape index (κ2) is 7.08. The van der Waals surface area contributed by atoms with E-state index in [2.05, 4.69) is 19.8 Å². The second-order valence-electron chi connectivity index (χ2n) is 5.57. The van der Waals surface area contributed by atoms with Crippen LogP contribution in [0.3, 0.4) is 0 Å². The standard InChI is InChI=1S/C16H14F3N5O2S/c1-24-10-11(8-22-24)15-13(20-6-7-21-15)9-23-27(25,26)14-5-3-2-4-12(14)16(17,18)19/h2-8,10,23H,9H2,1H3. The van der Waals surface area contributed by atoms with Gasteiger partial charge in [-0.3, -0.25) is 14.6 Å². The largest absolute Gasteiger partial charge is 0.417 e. The molecule has 0 aliphatic heterocycles. The van der Waals surface area contributed by atoms with E-state index in [1.54, 1.807) is 13.2 Å². The van der Waals surface area contributed by atoms with Crippen molar-refractivity contribution in [1.82, 2.24) is 24.5 Å². The van der Waals surface area contributed by atoms with Crippen molar-refractivity contribution in [3.05, 3.63) is 60.3 Å². The molecule has 0 aliphatic rings. The van der Waals surface area contributed by atoms with Crippen molar-refractivity contribution < 1.29 is 21.6 Å². The van der Waals surface area contributed by atoms with Crippen LogP contribution in [0.5, 0.6) is 0 Å². The topological polar surface area (TPSA) is 89.8 Å². The summed E-state index contributed by atoms with van der Waals surface area (Å²) in [7, 11) is -2.72. The van der Waals surface area contributed by atoms with Crippen molar-refractivity contribution in [2.24, 2.45) is 7.05 Å². The van der Waals surface area contributed by atoms with E-state index in [9.17, 15) is 21.6 Å². The second-order valence-corrected chi connectivity index (χ2v) is 7.31. The van der Waals surface area contributed by atoms with Crippen LogP contribution in [0, 0.1) is 0 Å². The average Bonchev–Trinajstić information content (AvgIpc) is 3.06. The van der Waals surface area contributed by atoms with Gasteiger partial charge in [-0.1, -0.05) is 12.1 Å². The van der Waals surface area contributed by atoms with E-state index in [0.717, 1.165) is 18.2 Å². The first kappa shape index (κ1) is 19.0. The van der Waals surface area contributed by atoms with Crippen LogP contribution >= 0.6 is 0 Å². The molecular weight excluding hydrogens is 383 g/mol. The number of nitrogens with one attached hydrogen (secondary N) is 1. The van der Waals surface area contributed by atoms with Crippen molar-refractivity contribution in [3.63, 3.8) is 0 Å². The third-order valence-corrected chi connectivity index (χ3v) is 5.12. The van der Waals surface area contributed by atoms with Gasteiger partial charge in [-0.05, 0) is 12.1 Å². The van der Waals surface area contributed by atoms with E-state index < -0.39 is 26.7 Å². The van der Waals surface area contributed by atoms with Crippen LogP contribution in [0.2, 0.25) is 0 Å². The molecule has 0 saturated carbocycles. The fourth-order valence-corrected chi connectivity index (χ4v) is 3.67. The van der Waals surface area contributed by atoms with Gasteiger partial charge in [0.2, 0.25) is 10.0 Å². The van der Waals surface area contributed by atoms with Crippen LogP contribution in [0.25, 0.3) is 11.3 Å². The predicted octanol–water partition coefficient (Wildman–Crippen LogP) is 2.37. The van der Waals surface area contributed by atoms with Gasteiger partial charge in [0.15, 0.2) is 0 Å². The number of rotatable bonds is 5. The lowest BCUT2D eigenvalue weighted by molar-refractivity contribution is -0.139. The number of benzene rings is 1. The van der Waals surface area contributed by atoms with Crippen molar-refractivity contribution in [2.75, 3.05) is 0 Å². The molecule has 0 radical (unpaired) electrons. The van der Waals surface area contributed by atoms with Gasteiger partial charge in [0.25, 0.3) is 0 Å². The third kappa shape index (κ3) is 4.14. The molecule has 0 fully saturated rings. The first-order valence-electron chi connectivity index (χ1n) is 7.63. The Morgan fingerprint density at radius 2 is 1.85 bits per heavy atom. The first-order chi connectivity index (χ1) is 12.7. The number of nitrogens with zero attached hydrogens (tertiary/aromatic N) is 4. The van der Waals surface area contributed by atoms with Gasteiger partial charge in [0, 0.05) is 31.2 Å². The summed E-state index contributed by atoms with van der Waals surface area (Å²) in [4.78, 5) is 7.40. The van der Waals surface area contributed by atoms with E-state index in [1.165, 1.54) is 29.3 Å². The van der Waals surface area contributed by atoms with Crippen molar-refractivity contribution >= 4 is 10.0 Å². The zero-order valence-electron chi connectivity index (χ0n) is 14.0. The van der Waals surface area contributed by atoms with E-state index in [-0.39, 0.29) is 12.2 Å². The fourth-order valence-electron chi connectivity index (χ4n) is 2.46. The van der Waals surface area contributed by atoms with Crippen molar-refractivity contribution in [2.45, 2.75) is 17.6 Å². The number of hydrogen-bond acceptors (Lipinski definition) is 5. The number of hydrogen-bond donors (Lipinski definition) is 1. The van der Waals surface area contributed by atoms with Crippen LogP contribution in [0.15, 0.2) is 53.9 Å². The fraction of sp³-hybridized carbons (Fsp3) is 0.188. The lowest BCUT2D eigenvalue weighted by Crippen LogP contribution is -2.26. The molecule has 3 aromatic rings. The van der Waals surface area contributed by atoms with Crippen molar-refractivity contribution in [3.8, 4) is 11.3 Å². The van der Waals surface area contributed by atoms with Crippen LogP contribution in [-0.4, -0.2) is 28.2 Å².